The topological polar surface area (TPSA) is 53.1 Å². The Balaban J connectivity index is 2.61. The Kier molecular flexibility index (Phi) is 1.86. The van der Waals surface area contributed by atoms with E-state index in [2.05, 4.69) is 4.98 Å². The van der Waals surface area contributed by atoms with Crippen LogP contribution in [-0.4, -0.2) is 19.1 Å². The lowest BCUT2D eigenvalue weighted by Gasteiger charge is -2.10. The van der Waals surface area contributed by atoms with Crippen LogP contribution in [0.3, 0.4) is 0 Å². The maximum absolute atomic E-state index is 8.60. The lowest BCUT2D eigenvalue weighted by Crippen LogP contribution is -2.07. The van der Waals surface area contributed by atoms with E-state index < -0.39 is 0 Å². The van der Waals surface area contributed by atoms with E-state index in [0.29, 0.717) is 11.1 Å². The monoisotopic (exact) mass is 187 g/mol. The van der Waals surface area contributed by atoms with Gasteiger partial charge in [-0.3, -0.25) is 0 Å². The molecule has 0 spiro atoms. The molecule has 2 rings (SSSR count). The molecular formula is C10H9N3O. The van der Waals surface area contributed by atoms with Crippen molar-refractivity contribution in [2.75, 3.05) is 19.0 Å². The van der Waals surface area contributed by atoms with Gasteiger partial charge in [-0.05, 0) is 12.1 Å². The molecule has 0 bridgehead atoms. The van der Waals surface area contributed by atoms with Crippen LogP contribution in [0, 0.1) is 11.3 Å². The van der Waals surface area contributed by atoms with E-state index in [4.69, 9.17) is 9.68 Å². The molecule has 4 heteroatoms. The zero-order valence-electron chi connectivity index (χ0n) is 7.98. The molecule has 1 heterocycles. The van der Waals surface area contributed by atoms with Gasteiger partial charge < -0.3 is 9.32 Å². The van der Waals surface area contributed by atoms with E-state index in [1.54, 1.807) is 0 Å². The predicted octanol–water partition coefficient (Wildman–Crippen LogP) is 1.77. The summed E-state index contributed by atoms with van der Waals surface area (Å²) in [6, 6.07) is 7.52. The molecule has 0 fully saturated rings. The molecule has 0 saturated heterocycles. The smallest absolute Gasteiger partial charge is 0.301 e. The molecular weight excluding hydrogens is 178 g/mol. The number of hydrogen-bond acceptors (Lipinski definition) is 4. The number of oxazole rings is 1. The summed E-state index contributed by atoms with van der Waals surface area (Å²) in [6.45, 7) is 0. The first-order chi connectivity index (χ1) is 6.70. The zero-order valence-corrected chi connectivity index (χ0v) is 7.98. The van der Waals surface area contributed by atoms with E-state index in [9.17, 15) is 0 Å². The molecule has 1 aromatic heterocycles. The standard InChI is InChI=1S/C10H9N3O/c1-13(2)7-3-4-8-9(5-7)14-10(6-11)12-8/h3-5H,1-2H3. The Bertz CT molecular complexity index is 508. The van der Waals surface area contributed by atoms with Gasteiger partial charge >= 0.3 is 5.89 Å². The van der Waals surface area contributed by atoms with E-state index in [-0.39, 0.29) is 5.89 Å². The van der Waals surface area contributed by atoms with Gasteiger partial charge in [0.1, 0.15) is 5.52 Å². The average Bonchev–Trinajstić information content (AvgIpc) is 2.58. The Hall–Kier alpha value is -2.02. The summed E-state index contributed by atoms with van der Waals surface area (Å²) in [5, 5.41) is 8.60. The first-order valence-corrected chi connectivity index (χ1v) is 4.19. The van der Waals surface area contributed by atoms with Gasteiger partial charge in [0.2, 0.25) is 0 Å². The van der Waals surface area contributed by atoms with E-state index in [1.807, 2.05) is 43.3 Å². The number of hydrogen-bond donors (Lipinski definition) is 0. The normalized spacial score (nSPS) is 10.1. The summed E-state index contributed by atoms with van der Waals surface area (Å²) < 4.78 is 5.21. The predicted molar refractivity (Wildman–Crippen MR) is 53.1 cm³/mol. The average molecular weight is 187 g/mol. The minimum Gasteiger partial charge on any atom is -0.428 e. The maximum Gasteiger partial charge on any atom is 0.301 e. The highest BCUT2D eigenvalue weighted by molar-refractivity contribution is 5.77. The molecule has 0 amide bonds. The summed E-state index contributed by atoms with van der Waals surface area (Å²) in [7, 11) is 3.89. The lowest BCUT2D eigenvalue weighted by atomic mass is 10.3. The maximum atomic E-state index is 8.60. The molecule has 2 aromatic rings. The second-order valence-corrected chi connectivity index (χ2v) is 3.18. The summed E-state index contributed by atoms with van der Waals surface area (Å²) in [5.41, 5.74) is 2.39. The highest BCUT2D eigenvalue weighted by Gasteiger charge is 2.05. The van der Waals surface area contributed by atoms with Crippen molar-refractivity contribution in [1.82, 2.24) is 4.98 Å². The van der Waals surface area contributed by atoms with Crippen LogP contribution in [0.5, 0.6) is 0 Å². The first-order valence-electron chi connectivity index (χ1n) is 4.19. The number of fused-ring (bicyclic) bond motifs is 1. The fourth-order valence-electron chi connectivity index (χ4n) is 1.24. The molecule has 0 aliphatic heterocycles. The van der Waals surface area contributed by atoms with Crippen molar-refractivity contribution in [2.24, 2.45) is 0 Å². The first kappa shape index (κ1) is 8.57. The van der Waals surface area contributed by atoms with Gasteiger partial charge in [-0.2, -0.15) is 10.2 Å². The summed E-state index contributed by atoms with van der Waals surface area (Å²) >= 11 is 0. The Morgan fingerprint density at radius 3 is 2.86 bits per heavy atom. The fourth-order valence-corrected chi connectivity index (χ4v) is 1.24. The SMILES string of the molecule is CN(C)c1ccc2nc(C#N)oc2c1. The van der Waals surface area contributed by atoms with E-state index in [0.717, 1.165) is 5.69 Å². The molecule has 4 nitrogen and oxygen atoms in total. The minimum atomic E-state index is 0.107. The third-order valence-corrected chi connectivity index (χ3v) is 1.98. The summed E-state index contributed by atoms with van der Waals surface area (Å²) in [4.78, 5) is 5.95. The second-order valence-electron chi connectivity index (χ2n) is 3.18. The van der Waals surface area contributed by atoms with E-state index >= 15 is 0 Å². The van der Waals surface area contributed by atoms with Crippen LogP contribution < -0.4 is 4.90 Å². The van der Waals surface area contributed by atoms with Gasteiger partial charge in [0.15, 0.2) is 11.7 Å². The number of rotatable bonds is 1. The fraction of sp³-hybridized carbons (Fsp3) is 0.200. The molecule has 0 atom stereocenters. The highest BCUT2D eigenvalue weighted by Crippen LogP contribution is 2.21. The molecule has 70 valence electrons. The number of nitrogens with zero attached hydrogens (tertiary/aromatic N) is 3. The minimum absolute atomic E-state index is 0.107. The Labute approximate surface area is 81.4 Å². The van der Waals surface area contributed by atoms with Crippen LogP contribution in [0.15, 0.2) is 22.6 Å². The van der Waals surface area contributed by atoms with Crippen molar-refractivity contribution in [3.05, 3.63) is 24.1 Å². The van der Waals surface area contributed by atoms with Gasteiger partial charge in [-0.1, -0.05) is 0 Å². The van der Waals surface area contributed by atoms with Crippen molar-refractivity contribution in [3.8, 4) is 6.07 Å². The van der Waals surface area contributed by atoms with Crippen LogP contribution in [0.1, 0.15) is 5.89 Å². The Morgan fingerprint density at radius 2 is 2.21 bits per heavy atom. The van der Waals surface area contributed by atoms with Crippen molar-refractivity contribution >= 4 is 16.8 Å². The van der Waals surface area contributed by atoms with Crippen molar-refractivity contribution in [2.45, 2.75) is 0 Å². The van der Waals surface area contributed by atoms with Gasteiger partial charge in [-0.25, -0.2) is 0 Å². The molecule has 0 saturated carbocycles. The van der Waals surface area contributed by atoms with Crippen molar-refractivity contribution in [3.63, 3.8) is 0 Å². The molecule has 0 aliphatic carbocycles. The van der Waals surface area contributed by atoms with Gasteiger partial charge in [0, 0.05) is 25.8 Å². The number of benzene rings is 1. The largest absolute Gasteiger partial charge is 0.428 e. The van der Waals surface area contributed by atoms with Gasteiger partial charge in [0.25, 0.3) is 0 Å². The molecule has 0 aliphatic rings. The molecule has 0 radical (unpaired) electrons. The summed E-state index contributed by atoms with van der Waals surface area (Å²) in [5.74, 6) is 0.107. The quantitative estimate of drug-likeness (QED) is 0.682. The second kappa shape index (κ2) is 3.04. The van der Waals surface area contributed by atoms with Gasteiger partial charge in [-0.15, -0.1) is 0 Å². The molecule has 0 N–H and O–H groups in total. The van der Waals surface area contributed by atoms with Crippen molar-refractivity contribution < 1.29 is 4.42 Å². The molecule has 14 heavy (non-hydrogen) atoms. The molecule has 0 unspecified atom stereocenters. The Morgan fingerprint density at radius 1 is 1.43 bits per heavy atom. The van der Waals surface area contributed by atoms with Crippen LogP contribution in [0.25, 0.3) is 11.1 Å². The lowest BCUT2D eigenvalue weighted by molar-refractivity contribution is 0.584. The summed E-state index contributed by atoms with van der Waals surface area (Å²) in [6.07, 6.45) is 0. The molecule has 1 aromatic carbocycles. The zero-order chi connectivity index (χ0) is 10.1. The highest BCUT2D eigenvalue weighted by atomic mass is 16.3. The van der Waals surface area contributed by atoms with Crippen molar-refractivity contribution in [1.29, 1.82) is 5.26 Å². The van der Waals surface area contributed by atoms with Crippen LogP contribution >= 0.6 is 0 Å². The number of anilines is 1. The van der Waals surface area contributed by atoms with Crippen LogP contribution in [0.4, 0.5) is 5.69 Å². The third kappa shape index (κ3) is 1.29. The number of nitriles is 1. The van der Waals surface area contributed by atoms with Gasteiger partial charge in [0.05, 0.1) is 0 Å². The third-order valence-electron chi connectivity index (χ3n) is 1.98. The van der Waals surface area contributed by atoms with Crippen LogP contribution in [-0.2, 0) is 0 Å². The van der Waals surface area contributed by atoms with E-state index in [1.165, 1.54) is 0 Å². The number of aromatic nitrogens is 1. The van der Waals surface area contributed by atoms with Crippen LogP contribution in [0.2, 0.25) is 0 Å².